The van der Waals surface area contributed by atoms with Crippen LogP contribution in [0.15, 0.2) is 0 Å². The molecule has 0 amide bonds. The summed E-state index contributed by atoms with van der Waals surface area (Å²) < 4.78 is 2.05. The van der Waals surface area contributed by atoms with Crippen LogP contribution in [-0.4, -0.2) is 28.4 Å². The third-order valence-corrected chi connectivity index (χ3v) is 4.35. The molecule has 0 saturated heterocycles. The molecule has 0 spiro atoms. The summed E-state index contributed by atoms with van der Waals surface area (Å²) in [6.07, 6.45) is 4.70. The molecule has 1 atom stereocenters. The van der Waals surface area contributed by atoms with Crippen molar-refractivity contribution in [1.82, 2.24) is 9.78 Å². The second-order valence-electron chi connectivity index (χ2n) is 6.57. The molecule has 1 heterocycles. The molecule has 2 N–H and O–H groups in total. The standard InChI is InChI=1S/C16H30N4/c1-6-14(17)9-15-12(4)18-19(5)16(15)20(11(2)3)10-13-7-8-13/h11,13-14H,6-10,17H2,1-5H3. The lowest BCUT2D eigenvalue weighted by molar-refractivity contribution is 0.599. The van der Waals surface area contributed by atoms with Gasteiger partial charge in [0.25, 0.3) is 0 Å². The van der Waals surface area contributed by atoms with E-state index in [0.717, 1.165) is 31.0 Å². The number of nitrogens with two attached hydrogens (primary N) is 1. The number of aromatic nitrogens is 2. The second-order valence-corrected chi connectivity index (χ2v) is 6.57. The lowest BCUT2D eigenvalue weighted by atomic mass is 10.0. The first kappa shape index (κ1) is 15.4. The van der Waals surface area contributed by atoms with E-state index >= 15 is 0 Å². The molecular formula is C16H30N4. The van der Waals surface area contributed by atoms with Crippen molar-refractivity contribution in [2.75, 3.05) is 11.4 Å². The predicted octanol–water partition coefficient (Wildman–Crippen LogP) is 2.63. The molecule has 20 heavy (non-hydrogen) atoms. The van der Waals surface area contributed by atoms with E-state index in [-0.39, 0.29) is 6.04 Å². The van der Waals surface area contributed by atoms with Crippen molar-refractivity contribution in [1.29, 1.82) is 0 Å². The molecule has 1 fully saturated rings. The topological polar surface area (TPSA) is 47.1 Å². The molecule has 4 nitrogen and oxygen atoms in total. The quantitative estimate of drug-likeness (QED) is 0.834. The van der Waals surface area contributed by atoms with Crippen LogP contribution in [0.4, 0.5) is 5.82 Å². The van der Waals surface area contributed by atoms with Crippen LogP contribution in [0, 0.1) is 12.8 Å². The molecule has 1 aliphatic rings. The highest BCUT2D eigenvalue weighted by Gasteiger charge is 2.29. The Morgan fingerprint density at radius 2 is 2.05 bits per heavy atom. The highest BCUT2D eigenvalue weighted by Crippen LogP contribution is 2.34. The monoisotopic (exact) mass is 278 g/mol. The second kappa shape index (κ2) is 6.17. The van der Waals surface area contributed by atoms with Gasteiger partial charge in [0.2, 0.25) is 0 Å². The van der Waals surface area contributed by atoms with E-state index in [1.54, 1.807) is 0 Å². The van der Waals surface area contributed by atoms with Crippen molar-refractivity contribution >= 4 is 5.82 Å². The van der Waals surface area contributed by atoms with Gasteiger partial charge in [-0.25, -0.2) is 0 Å². The lowest BCUT2D eigenvalue weighted by Crippen LogP contribution is -2.35. The van der Waals surface area contributed by atoms with Crippen LogP contribution in [0.2, 0.25) is 0 Å². The predicted molar refractivity (Wildman–Crippen MR) is 85.1 cm³/mol. The van der Waals surface area contributed by atoms with Gasteiger partial charge in [0.1, 0.15) is 5.82 Å². The molecule has 1 aromatic heterocycles. The van der Waals surface area contributed by atoms with Crippen molar-refractivity contribution in [2.45, 2.75) is 65.5 Å². The average Bonchev–Trinajstić information content (AvgIpc) is 3.15. The number of nitrogens with zero attached hydrogens (tertiary/aromatic N) is 3. The zero-order valence-electron chi connectivity index (χ0n) is 13.7. The van der Waals surface area contributed by atoms with Gasteiger partial charge < -0.3 is 10.6 Å². The third-order valence-electron chi connectivity index (χ3n) is 4.35. The van der Waals surface area contributed by atoms with E-state index in [2.05, 4.69) is 49.4 Å². The Morgan fingerprint density at radius 3 is 2.55 bits per heavy atom. The van der Waals surface area contributed by atoms with E-state index in [0.29, 0.717) is 6.04 Å². The maximum atomic E-state index is 6.19. The molecule has 2 rings (SSSR count). The minimum atomic E-state index is 0.228. The molecule has 1 unspecified atom stereocenters. The average molecular weight is 278 g/mol. The maximum Gasteiger partial charge on any atom is 0.130 e. The molecule has 1 aliphatic carbocycles. The van der Waals surface area contributed by atoms with Crippen molar-refractivity contribution in [3.05, 3.63) is 11.3 Å². The summed E-state index contributed by atoms with van der Waals surface area (Å²) in [4.78, 5) is 2.52. The number of rotatable bonds is 7. The van der Waals surface area contributed by atoms with Gasteiger partial charge >= 0.3 is 0 Å². The van der Waals surface area contributed by atoms with Crippen LogP contribution in [0.3, 0.4) is 0 Å². The van der Waals surface area contributed by atoms with Gasteiger partial charge in [0, 0.05) is 31.2 Å². The van der Waals surface area contributed by atoms with E-state index in [1.807, 2.05) is 0 Å². The van der Waals surface area contributed by atoms with Crippen LogP contribution in [0.5, 0.6) is 0 Å². The van der Waals surface area contributed by atoms with Gasteiger partial charge in [-0.2, -0.15) is 5.10 Å². The molecule has 1 saturated carbocycles. The minimum Gasteiger partial charge on any atom is -0.354 e. The van der Waals surface area contributed by atoms with Crippen LogP contribution in [0.1, 0.15) is 51.3 Å². The Hall–Kier alpha value is -1.03. The molecule has 4 heteroatoms. The summed E-state index contributed by atoms with van der Waals surface area (Å²) in [6, 6.07) is 0.730. The Morgan fingerprint density at radius 1 is 1.40 bits per heavy atom. The Bertz CT molecular complexity index is 446. The molecule has 1 aromatic rings. The molecule has 114 valence electrons. The third kappa shape index (κ3) is 3.35. The smallest absolute Gasteiger partial charge is 0.130 e. The van der Waals surface area contributed by atoms with Gasteiger partial charge in [-0.05, 0) is 52.4 Å². The van der Waals surface area contributed by atoms with Gasteiger partial charge in [0.05, 0.1) is 5.69 Å². The molecule has 0 radical (unpaired) electrons. The van der Waals surface area contributed by atoms with E-state index in [4.69, 9.17) is 5.73 Å². The summed E-state index contributed by atoms with van der Waals surface area (Å²) in [7, 11) is 2.06. The Labute approximate surface area is 123 Å². The normalized spacial score (nSPS) is 16.8. The zero-order valence-corrected chi connectivity index (χ0v) is 13.7. The fourth-order valence-electron chi connectivity index (χ4n) is 2.82. The first-order valence-electron chi connectivity index (χ1n) is 7.98. The van der Waals surface area contributed by atoms with E-state index in [1.165, 1.54) is 24.2 Å². The number of anilines is 1. The van der Waals surface area contributed by atoms with Gasteiger partial charge in [-0.3, -0.25) is 4.68 Å². The first-order chi connectivity index (χ1) is 9.43. The van der Waals surface area contributed by atoms with Crippen molar-refractivity contribution in [2.24, 2.45) is 18.7 Å². The number of hydrogen-bond acceptors (Lipinski definition) is 3. The summed E-state index contributed by atoms with van der Waals surface area (Å²) in [6.45, 7) is 9.96. The maximum absolute atomic E-state index is 6.19. The largest absolute Gasteiger partial charge is 0.354 e. The van der Waals surface area contributed by atoms with Gasteiger partial charge in [0.15, 0.2) is 0 Å². The fourth-order valence-corrected chi connectivity index (χ4v) is 2.82. The zero-order chi connectivity index (χ0) is 14.9. The van der Waals surface area contributed by atoms with Crippen molar-refractivity contribution in [3.8, 4) is 0 Å². The van der Waals surface area contributed by atoms with Crippen LogP contribution < -0.4 is 10.6 Å². The lowest BCUT2D eigenvalue weighted by Gasteiger charge is -2.30. The SMILES string of the molecule is CCC(N)Cc1c(C)nn(C)c1N(CC1CC1)C(C)C. The van der Waals surface area contributed by atoms with Crippen LogP contribution in [0.25, 0.3) is 0 Å². The molecule has 0 bridgehead atoms. The minimum absolute atomic E-state index is 0.228. The highest BCUT2D eigenvalue weighted by molar-refractivity contribution is 5.51. The molecular weight excluding hydrogens is 248 g/mol. The Kier molecular flexibility index (Phi) is 4.74. The molecule has 0 aromatic carbocycles. The summed E-state index contributed by atoms with van der Waals surface area (Å²) in [5, 5.41) is 4.65. The van der Waals surface area contributed by atoms with E-state index in [9.17, 15) is 0 Å². The summed E-state index contributed by atoms with van der Waals surface area (Å²) in [5.41, 5.74) is 8.66. The number of hydrogen-bond donors (Lipinski definition) is 1. The summed E-state index contributed by atoms with van der Waals surface area (Å²) >= 11 is 0. The molecule has 0 aliphatic heterocycles. The summed E-state index contributed by atoms with van der Waals surface area (Å²) in [5.74, 6) is 2.16. The van der Waals surface area contributed by atoms with Crippen molar-refractivity contribution in [3.63, 3.8) is 0 Å². The highest BCUT2D eigenvalue weighted by atomic mass is 15.4. The van der Waals surface area contributed by atoms with Crippen LogP contribution >= 0.6 is 0 Å². The van der Waals surface area contributed by atoms with Crippen LogP contribution in [-0.2, 0) is 13.5 Å². The Balaban J connectivity index is 2.31. The fraction of sp³-hybridized carbons (Fsp3) is 0.812. The van der Waals surface area contributed by atoms with Crippen molar-refractivity contribution < 1.29 is 0 Å². The van der Waals surface area contributed by atoms with Gasteiger partial charge in [-0.1, -0.05) is 6.92 Å². The number of aryl methyl sites for hydroxylation is 2. The first-order valence-corrected chi connectivity index (χ1v) is 7.98. The van der Waals surface area contributed by atoms with Gasteiger partial charge in [-0.15, -0.1) is 0 Å². The van der Waals surface area contributed by atoms with E-state index < -0.39 is 0 Å².